The fourth-order valence-corrected chi connectivity index (χ4v) is 6.12. The predicted molar refractivity (Wildman–Crippen MR) is 105 cm³/mol. The van der Waals surface area contributed by atoms with E-state index in [-0.39, 0.29) is 11.6 Å². The molecular formula is C21H25F3N2O2S. The van der Waals surface area contributed by atoms with Crippen molar-refractivity contribution >= 4 is 11.3 Å². The van der Waals surface area contributed by atoms with E-state index in [2.05, 4.69) is 22.9 Å². The lowest BCUT2D eigenvalue weighted by molar-refractivity contribution is -0.135. The molecule has 0 aromatic carbocycles. The second-order valence-electron chi connectivity index (χ2n) is 8.11. The molecule has 0 amide bonds. The van der Waals surface area contributed by atoms with Crippen molar-refractivity contribution in [3.8, 4) is 0 Å². The highest BCUT2D eigenvalue weighted by Gasteiger charge is 2.48. The van der Waals surface area contributed by atoms with Crippen LogP contribution in [0, 0.1) is 6.92 Å². The van der Waals surface area contributed by atoms with Gasteiger partial charge in [0, 0.05) is 42.0 Å². The average Bonchev–Trinajstić information content (AvgIpc) is 3.05. The number of aryl methyl sites for hydroxylation is 1. The van der Waals surface area contributed by atoms with Crippen LogP contribution in [0.2, 0.25) is 0 Å². The number of rotatable bonds is 3. The largest absolute Gasteiger partial charge is 0.425 e. The van der Waals surface area contributed by atoms with Crippen LogP contribution in [0.5, 0.6) is 0 Å². The fraction of sp³-hybridized carbons (Fsp3) is 0.571. The van der Waals surface area contributed by atoms with Crippen LogP contribution in [0.4, 0.5) is 13.2 Å². The summed E-state index contributed by atoms with van der Waals surface area (Å²) in [7, 11) is 0. The van der Waals surface area contributed by atoms with Gasteiger partial charge < -0.3 is 9.84 Å². The zero-order valence-electron chi connectivity index (χ0n) is 16.6. The number of ether oxygens (including phenoxy) is 1. The van der Waals surface area contributed by atoms with E-state index in [0.717, 1.165) is 35.6 Å². The maximum absolute atomic E-state index is 13.5. The van der Waals surface area contributed by atoms with Crippen molar-refractivity contribution in [1.82, 2.24) is 9.88 Å². The summed E-state index contributed by atoms with van der Waals surface area (Å²) in [5, 5.41) is 9.65. The molecule has 2 aliphatic rings. The Hall–Kier alpha value is -1.48. The summed E-state index contributed by atoms with van der Waals surface area (Å²) in [6.45, 7) is 5.42. The third-order valence-electron chi connectivity index (χ3n) is 6.04. The minimum absolute atomic E-state index is 0.0427. The van der Waals surface area contributed by atoms with Gasteiger partial charge in [-0.05, 0) is 49.8 Å². The Morgan fingerprint density at radius 1 is 1.38 bits per heavy atom. The van der Waals surface area contributed by atoms with E-state index in [0.29, 0.717) is 36.3 Å². The highest BCUT2D eigenvalue weighted by molar-refractivity contribution is 7.12. The first-order valence-corrected chi connectivity index (χ1v) is 10.7. The topological polar surface area (TPSA) is 45.6 Å². The molecule has 1 saturated heterocycles. The van der Waals surface area contributed by atoms with E-state index in [1.165, 1.54) is 0 Å². The fourth-order valence-electron chi connectivity index (χ4n) is 4.71. The van der Waals surface area contributed by atoms with Crippen molar-refractivity contribution in [2.45, 2.75) is 64.1 Å². The quantitative estimate of drug-likeness (QED) is 0.790. The number of pyridine rings is 1. The van der Waals surface area contributed by atoms with E-state index in [1.807, 2.05) is 19.3 Å². The SMILES string of the molecule is Cc1cncc(CN2CC[C@]3(C[C@@H]2C)OCCc2c3sc(C(F)(F)F)c2CO)c1. The Morgan fingerprint density at radius 3 is 2.83 bits per heavy atom. The number of aliphatic hydroxyl groups excluding tert-OH is 1. The molecule has 4 nitrogen and oxygen atoms in total. The lowest BCUT2D eigenvalue weighted by Gasteiger charge is -2.47. The highest BCUT2D eigenvalue weighted by atomic mass is 32.1. The lowest BCUT2D eigenvalue weighted by Crippen LogP contribution is -2.50. The summed E-state index contributed by atoms with van der Waals surface area (Å²) in [5.74, 6) is 0. The molecule has 0 saturated carbocycles. The Kier molecular flexibility index (Phi) is 5.48. The van der Waals surface area contributed by atoms with Gasteiger partial charge in [-0.2, -0.15) is 13.2 Å². The third kappa shape index (κ3) is 3.83. The van der Waals surface area contributed by atoms with E-state index >= 15 is 0 Å². The van der Waals surface area contributed by atoms with Gasteiger partial charge in [-0.25, -0.2) is 0 Å². The number of hydrogen-bond acceptors (Lipinski definition) is 5. The van der Waals surface area contributed by atoms with E-state index in [4.69, 9.17) is 4.74 Å². The van der Waals surface area contributed by atoms with Crippen molar-refractivity contribution in [2.24, 2.45) is 0 Å². The van der Waals surface area contributed by atoms with Crippen molar-refractivity contribution in [2.75, 3.05) is 13.2 Å². The lowest BCUT2D eigenvalue weighted by atomic mass is 9.81. The molecule has 29 heavy (non-hydrogen) atoms. The van der Waals surface area contributed by atoms with Crippen LogP contribution in [0.1, 0.15) is 51.8 Å². The highest BCUT2D eigenvalue weighted by Crippen LogP contribution is 2.51. The number of thiophene rings is 1. The van der Waals surface area contributed by atoms with Crippen molar-refractivity contribution in [3.05, 3.63) is 50.5 Å². The molecule has 2 atom stereocenters. The maximum Gasteiger partial charge on any atom is 0.425 e. The number of fused-ring (bicyclic) bond motifs is 2. The maximum atomic E-state index is 13.5. The summed E-state index contributed by atoms with van der Waals surface area (Å²) in [6.07, 6.45) is 0.942. The van der Waals surface area contributed by atoms with Gasteiger partial charge in [-0.3, -0.25) is 9.88 Å². The Bertz CT molecular complexity index is 899. The van der Waals surface area contributed by atoms with Crippen LogP contribution < -0.4 is 0 Å². The van der Waals surface area contributed by atoms with Gasteiger partial charge in [0.1, 0.15) is 10.5 Å². The molecule has 2 aromatic rings. The van der Waals surface area contributed by atoms with Gasteiger partial charge >= 0.3 is 6.18 Å². The van der Waals surface area contributed by atoms with Crippen molar-refractivity contribution in [1.29, 1.82) is 0 Å². The van der Waals surface area contributed by atoms with Crippen LogP contribution in [0.25, 0.3) is 0 Å². The molecule has 2 aromatic heterocycles. The van der Waals surface area contributed by atoms with E-state index < -0.39 is 23.3 Å². The second-order valence-corrected chi connectivity index (χ2v) is 9.13. The number of nitrogens with zero attached hydrogens (tertiary/aromatic N) is 2. The standard InChI is InChI=1S/C21H25F3N2O2S/c1-13-7-15(10-25-9-13)11-26-5-4-20(8-14(26)2)18-16(3-6-28-20)17(12-27)19(29-18)21(22,23)24/h7,9-10,14,27H,3-6,8,11-12H2,1-2H3/t14-,20+/m0/s1. The summed E-state index contributed by atoms with van der Waals surface area (Å²) in [4.78, 5) is 6.59. The third-order valence-corrected chi connectivity index (χ3v) is 7.55. The first kappa shape index (κ1) is 20.8. The first-order valence-electron chi connectivity index (χ1n) is 9.85. The number of likely N-dealkylation sites (tertiary alicyclic amines) is 1. The zero-order chi connectivity index (χ0) is 20.8. The molecule has 4 rings (SSSR count). The van der Waals surface area contributed by atoms with E-state index in [9.17, 15) is 18.3 Å². The predicted octanol–water partition coefficient (Wildman–Crippen LogP) is 4.42. The smallest absolute Gasteiger partial charge is 0.392 e. The molecule has 1 N–H and O–H groups in total. The Morgan fingerprint density at radius 2 is 2.17 bits per heavy atom. The molecule has 8 heteroatoms. The molecule has 0 radical (unpaired) electrons. The number of aromatic nitrogens is 1. The molecule has 0 aliphatic carbocycles. The summed E-state index contributed by atoms with van der Waals surface area (Å²) >= 11 is 0.770. The van der Waals surface area contributed by atoms with Gasteiger partial charge in [0.05, 0.1) is 13.2 Å². The molecule has 0 unspecified atom stereocenters. The molecule has 0 bridgehead atoms. The number of piperidine rings is 1. The number of aliphatic hydroxyl groups is 1. The van der Waals surface area contributed by atoms with Gasteiger partial charge in [0.2, 0.25) is 0 Å². The Balaban J connectivity index is 1.61. The number of alkyl halides is 3. The van der Waals surface area contributed by atoms with Crippen molar-refractivity contribution in [3.63, 3.8) is 0 Å². The average molecular weight is 427 g/mol. The van der Waals surface area contributed by atoms with Crippen LogP contribution in [0.15, 0.2) is 18.5 Å². The molecular weight excluding hydrogens is 401 g/mol. The first-order chi connectivity index (χ1) is 13.7. The van der Waals surface area contributed by atoms with Crippen LogP contribution >= 0.6 is 11.3 Å². The minimum Gasteiger partial charge on any atom is -0.392 e. The van der Waals surface area contributed by atoms with Crippen LogP contribution in [-0.2, 0) is 36.1 Å². The minimum atomic E-state index is -4.45. The summed E-state index contributed by atoms with van der Waals surface area (Å²) in [5.41, 5.74) is 2.25. The second kappa shape index (κ2) is 7.65. The zero-order valence-corrected chi connectivity index (χ0v) is 17.4. The van der Waals surface area contributed by atoms with Gasteiger partial charge in [0.25, 0.3) is 0 Å². The number of hydrogen-bond donors (Lipinski definition) is 1. The van der Waals surface area contributed by atoms with Crippen LogP contribution in [-0.4, -0.2) is 34.2 Å². The van der Waals surface area contributed by atoms with Gasteiger partial charge in [0.15, 0.2) is 0 Å². The molecule has 1 spiro atoms. The summed E-state index contributed by atoms with van der Waals surface area (Å²) in [6, 6.07) is 2.27. The monoisotopic (exact) mass is 426 g/mol. The van der Waals surface area contributed by atoms with Crippen LogP contribution in [0.3, 0.4) is 0 Å². The molecule has 1 fully saturated rings. The van der Waals surface area contributed by atoms with E-state index in [1.54, 1.807) is 0 Å². The number of halogens is 3. The van der Waals surface area contributed by atoms with Gasteiger partial charge in [-0.15, -0.1) is 11.3 Å². The van der Waals surface area contributed by atoms with Crippen molar-refractivity contribution < 1.29 is 23.0 Å². The molecule has 2 aliphatic heterocycles. The summed E-state index contributed by atoms with van der Waals surface area (Å²) < 4.78 is 46.8. The normalized spacial score (nSPS) is 25.4. The molecule has 158 valence electrons. The molecule has 4 heterocycles. The Labute approximate surface area is 172 Å². The van der Waals surface area contributed by atoms with Gasteiger partial charge in [-0.1, -0.05) is 6.07 Å².